The van der Waals surface area contributed by atoms with Crippen molar-refractivity contribution >= 4 is 0 Å². The lowest BCUT2D eigenvalue weighted by molar-refractivity contribution is -0.702. The van der Waals surface area contributed by atoms with Crippen LogP contribution < -0.4 is 9.13 Å². The number of aryl methyl sites for hydroxylation is 3. The first-order valence-corrected chi connectivity index (χ1v) is 11.8. The molecule has 1 unspecified atom stereocenters. The molecule has 0 fully saturated rings. The third kappa shape index (κ3) is 3.78. The first-order valence-electron chi connectivity index (χ1n) is 11.8. The van der Waals surface area contributed by atoms with Gasteiger partial charge in [-0.15, -0.1) is 0 Å². The first-order chi connectivity index (χ1) is 15.7. The molecule has 2 heteroatoms. The Bertz CT molecular complexity index is 1250. The molecule has 4 rings (SSSR count). The number of hydrogen-bond donors (Lipinski definition) is 0. The summed E-state index contributed by atoms with van der Waals surface area (Å²) in [6.07, 6.45) is 2.15. The fourth-order valence-electron chi connectivity index (χ4n) is 5.71. The normalized spacial score (nSPS) is 13.5. The van der Waals surface area contributed by atoms with Crippen LogP contribution >= 0.6 is 0 Å². The van der Waals surface area contributed by atoms with Gasteiger partial charge in [0.05, 0.1) is 5.41 Å². The van der Waals surface area contributed by atoms with Crippen LogP contribution in [0.15, 0.2) is 91.1 Å². The second kappa shape index (κ2) is 8.59. The van der Waals surface area contributed by atoms with Crippen molar-refractivity contribution < 1.29 is 9.13 Å². The van der Waals surface area contributed by atoms with Gasteiger partial charge >= 0.3 is 0 Å². The molecule has 0 aliphatic heterocycles. The van der Waals surface area contributed by atoms with Crippen LogP contribution in [0.1, 0.15) is 60.1 Å². The zero-order valence-corrected chi connectivity index (χ0v) is 21.1. The summed E-state index contributed by atoms with van der Waals surface area (Å²) in [5, 5.41) is 0. The number of aromatic nitrogens is 2. The molecular formula is C31H36N2+2. The Kier molecular flexibility index (Phi) is 5.97. The molecule has 0 aliphatic rings. The topological polar surface area (TPSA) is 7.76 Å². The molecule has 33 heavy (non-hydrogen) atoms. The van der Waals surface area contributed by atoms with Crippen molar-refractivity contribution in [2.75, 3.05) is 0 Å². The van der Waals surface area contributed by atoms with Crippen molar-refractivity contribution in [2.24, 2.45) is 14.1 Å². The van der Waals surface area contributed by atoms with Gasteiger partial charge in [-0.3, -0.25) is 0 Å². The minimum absolute atomic E-state index is 0.137. The van der Waals surface area contributed by atoms with E-state index in [1.54, 1.807) is 0 Å². The van der Waals surface area contributed by atoms with E-state index in [1.807, 2.05) is 0 Å². The molecule has 0 bridgehead atoms. The summed E-state index contributed by atoms with van der Waals surface area (Å²) in [7, 11) is 4.37. The van der Waals surface area contributed by atoms with E-state index in [4.69, 9.17) is 0 Å². The zero-order valence-electron chi connectivity index (χ0n) is 21.1. The van der Waals surface area contributed by atoms with Crippen LogP contribution in [0.5, 0.6) is 0 Å². The molecule has 0 aliphatic carbocycles. The summed E-state index contributed by atoms with van der Waals surface area (Å²) in [5.74, 6) is 0. The van der Waals surface area contributed by atoms with E-state index in [9.17, 15) is 0 Å². The quantitative estimate of drug-likeness (QED) is 0.358. The summed E-state index contributed by atoms with van der Waals surface area (Å²) in [6, 6.07) is 30.8. The molecule has 0 saturated carbocycles. The fourth-order valence-corrected chi connectivity index (χ4v) is 5.71. The zero-order chi connectivity index (χ0) is 23.8. The highest BCUT2D eigenvalue weighted by Crippen LogP contribution is 2.39. The van der Waals surface area contributed by atoms with Gasteiger partial charge < -0.3 is 0 Å². The van der Waals surface area contributed by atoms with Crippen molar-refractivity contribution in [3.05, 3.63) is 130 Å². The monoisotopic (exact) mass is 436 g/mol. The van der Waals surface area contributed by atoms with Gasteiger partial charge in [0.2, 0.25) is 11.4 Å². The summed E-state index contributed by atoms with van der Waals surface area (Å²) in [5.41, 5.74) is 8.69. The lowest BCUT2D eigenvalue weighted by Crippen LogP contribution is -2.53. The van der Waals surface area contributed by atoms with Crippen molar-refractivity contribution in [1.29, 1.82) is 0 Å². The predicted octanol–water partition coefficient (Wildman–Crippen LogP) is 5.63. The minimum atomic E-state index is -0.325. The van der Waals surface area contributed by atoms with E-state index in [0.717, 1.165) is 0 Å². The van der Waals surface area contributed by atoms with E-state index in [2.05, 4.69) is 149 Å². The maximum Gasteiger partial charge on any atom is 0.202 e. The molecule has 2 aromatic heterocycles. The van der Waals surface area contributed by atoms with Crippen LogP contribution in [0.4, 0.5) is 0 Å². The van der Waals surface area contributed by atoms with Crippen LogP contribution in [0.2, 0.25) is 0 Å². The Labute approximate surface area is 199 Å². The molecule has 0 N–H and O–H groups in total. The van der Waals surface area contributed by atoms with Gasteiger partial charge in [-0.2, -0.15) is 0 Å². The Morgan fingerprint density at radius 1 is 0.545 bits per heavy atom. The van der Waals surface area contributed by atoms with Gasteiger partial charge in [-0.1, -0.05) is 54.6 Å². The third-order valence-corrected chi connectivity index (χ3v) is 7.45. The van der Waals surface area contributed by atoms with Crippen molar-refractivity contribution in [3.8, 4) is 0 Å². The largest absolute Gasteiger partial charge is 0.204 e. The van der Waals surface area contributed by atoms with Crippen LogP contribution in [-0.4, -0.2) is 0 Å². The lowest BCUT2D eigenvalue weighted by atomic mass is 9.72. The number of benzene rings is 2. The van der Waals surface area contributed by atoms with Gasteiger partial charge in [0.15, 0.2) is 17.3 Å². The van der Waals surface area contributed by atoms with Crippen molar-refractivity contribution in [3.63, 3.8) is 0 Å². The summed E-state index contributed by atoms with van der Waals surface area (Å²) in [4.78, 5) is 0. The number of rotatable bonds is 5. The standard InChI is InChI=1S/C31H36N2/c1-23-15-8-10-17-25(23)30(3,4)27-20-14-21-29(33(27)7)31(5,26-18-11-9-16-24(26)2)28-19-12-13-22-32(28)6/h8-22H,1-7H3/q+2. The van der Waals surface area contributed by atoms with Crippen LogP contribution in [-0.2, 0) is 24.9 Å². The van der Waals surface area contributed by atoms with Gasteiger partial charge in [0, 0.05) is 24.3 Å². The smallest absolute Gasteiger partial charge is 0.202 e. The van der Waals surface area contributed by atoms with E-state index < -0.39 is 0 Å². The molecule has 0 radical (unpaired) electrons. The van der Waals surface area contributed by atoms with Gasteiger partial charge in [0.1, 0.15) is 14.1 Å². The Morgan fingerprint density at radius 3 is 1.67 bits per heavy atom. The molecular weight excluding hydrogens is 400 g/mol. The Hall–Kier alpha value is -3.26. The van der Waals surface area contributed by atoms with Crippen molar-refractivity contribution in [1.82, 2.24) is 0 Å². The number of nitrogens with zero attached hydrogens (tertiary/aromatic N) is 2. The van der Waals surface area contributed by atoms with E-state index in [-0.39, 0.29) is 10.8 Å². The van der Waals surface area contributed by atoms with Gasteiger partial charge in [0.25, 0.3) is 0 Å². The highest BCUT2D eigenvalue weighted by molar-refractivity contribution is 5.46. The van der Waals surface area contributed by atoms with Gasteiger partial charge in [-0.05, 0) is 62.9 Å². The van der Waals surface area contributed by atoms with Crippen LogP contribution in [0.25, 0.3) is 0 Å². The SMILES string of the molecule is Cc1ccccc1C(C)(C)c1cccc(C(C)(c2ccccc2C)c2cccc[n+]2C)[n+]1C. The molecule has 2 nitrogen and oxygen atoms in total. The molecule has 0 saturated heterocycles. The minimum Gasteiger partial charge on any atom is -0.204 e. The second-order valence-electron chi connectivity index (χ2n) is 9.93. The van der Waals surface area contributed by atoms with E-state index in [1.165, 1.54) is 39.3 Å². The maximum absolute atomic E-state index is 2.42. The summed E-state index contributed by atoms with van der Waals surface area (Å²) >= 11 is 0. The number of pyridine rings is 2. The average Bonchev–Trinajstić information content (AvgIpc) is 2.79. The van der Waals surface area contributed by atoms with E-state index >= 15 is 0 Å². The molecule has 2 heterocycles. The van der Waals surface area contributed by atoms with E-state index in [0.29, 0.717) is 0 Å². The van der Waals surface area contributed by atoms with Crippen LogP contribution in [0.3, 0.4) is 0 Å². The first kappa shape index (κ1) is 22.9. The molecule has 2 aromatic carbocycles. The molecule has 4 aromatic rings. The maximum atomic E-state index is 2.42. The average molecular weight is 437 g/mol. The Morgan fingerprint density at radius 2 is 1.06 bits per heavy atom. The Balaban J connectivity index is 2.03. The fraction of sp³-hybridized carbons (Fsp3) is 0.290. The molecule has 0 spiro atoms. The summed E-state index contributed by atoms with van der Waals surface area (Å²) in [6.45, 7) is 11.5. The highest BCUT2D eigenvalue weighted by atomic mass is 15.0. The second-order valence-corrected chi connectivity index (χ2v) is 9.93. The third-order valence-electron chi connectivity index (χ3n) is 7.45. The lowest BCUT2D eigenvalue weighted by Gasteiger charge is -2.30. The molecule has 0 amide bonds. The molecule has 1 atom stereocenters. The predicted molar refractivity (Wildman–Crippen MR) is 135 cm³/mol. The van der Waals surface area contributed by atoms with Crippen molar-refractivity contribution in [2.45, 2.75) is 45.4 Å². The number of hydrogen-bond acceptors (Lipinski definition) is 0. The summed E-state index contributed by atoms with van der Waals surface area (Å²) < 4.78 is 4.68. The van der Waals surface area contributed by atoms with Crippen LogP contribution in [0, 0.1) is 13.8 Å². The highest BCUT2D eigenvalue weighted by Gasteiger charge is 2.46. The molecule has 168 valence electrons. The van der Waals surface area contributed by atoms with Gasteiger partial charge in [-0.25, -0.2) is 9.13 Å².